The van der Waals surface area contributed by atoms with Gasteiger partial charge in [0.1, 0.15) is 23.2 Å². The lowest BCUT2D eigenvalue weighted by atomic mass is 9.73. The van der Waals surface area contributed by atoms with Crippen molar-refractivity contribution in [2.75, 3.05) is 24.7 Å². The molecule has 1 aromatic carbocycles. The van der Waals surface area contributed by atoms with E-state index >= 15 is 0 Å². The summed E-state index contributed by atoms with van der Waals surface area (Å²) >= 11 is 6.49. The average molecular weight is 529 g/mol. The molecule has 2 fully saturated rings. The first-order valence-corrected chi connectivity index (χ1v) is 13.4. The third-order valence-corrected chi connectivity index (χ3v) is 8.61. The zero-order valence-corrected chi connectivity index (χ0v) is 21.9. The molecule has 0 radical (unpaired) electrons. The molecule has 198 valence electrons. The van der Waals surface area contributed by atoms with Gasteiger partial charge in [-0.3, -0.25) is 14.4 Å². The molecule has 1 aromatic rings. The number of benzene rings is 1. The van der Waals surface area contributed by atoms with Crippen LogP contribution >= 0.6 is 11.6 Å². The number of amides is 2. The molecule has 1 N–H and O–H groups in total. The van der Waals surface area contributed by atoms with E-state index < -0.39 is 41.1 Å². The van der Waals surface area contributed by atoms with Crippen molar-refractivity contribution in [3.63, 3.8) is 0 Å². The Morgan fingerprint density at radius 3 is 2.59 bits per heavy atom. The van der Waals surface area contributed by atoms with Crippen molar-refractivity contribution in [3.8, 4) is 0 Å². The number of para-hydroxylation sites is 1. The van der Waals surface area contributed by atoms with Gasteiger partial charge in [0, 0.05) is 6.54 Å². The monoisotopic (exact) mass is 528 g/mol. The highest BCUT2D eigenvalue weighted by Crippen LogP contribution is 2.58. The number of esters is 1. The van der Waals surface area contributed by atoms with Crippen LogP contribution < -0.4 is 4.90 Å². The van der Waals surface area contributed by atoms with Crippen LogP contribution in [0.5, 0.6) is 0 Å². The van der Waals surface area contributed by atoms with E-state index in [4.69, 9.17) is 21.1 Å². The van der Waals surface area contributed by atoms with Gasteiger partial charge in [-0.1, -0.05) is 61.9 Å². The van der Waals surface area contributed by atoms with Gasteiger partial charge in [-0.05, 0) is 37.8 Å². The van der Waals surface area contributed by atoms with Crippen LogP contribution in [0.25, 0.3) is 0 Å². The molecule has 6 atom stereocenters. The quantitative estimate of drug-likeness (QED) is 0.465. The predicted octanol–water partition coefficient (Wildman–Crippen LogP) is 3.27. The van der Waals surface area contributed by atoms with Crippen molar-refractivity contribution in [3.05, 3.63) is 53.6 Å². The van der Waals surface area contributed by atoms with Gasteiger partial charge in [-0.2, -0.15) is 0 Å². The van der Waals surface area contributed by atoms with E-state index in [1.165, 1.54) is 4.90 Å². The number of cyclic esters (lactones) is 1. The number of likely N-dealkylation sites (tertiary alicyclic amines) is 1. The number of ether oxygens (including phenoxy) is 2. The number of nitrogens with zero attached hydrogens (tertiary/aromatic N) is 2. The summed E-state index contributed by atoms with van der Waals surface area (Å²) in [6.45, 7) is 3.92. The summed E-state index contributed by atoms with van der Waals surface area (Å²) in [5.41, 5.74) is -1.98. The number of carbonyl (C=O) groups excluding carboxylic acids is 3. The Bertz CT molecular complexity index is 1150. The molecule has 4 heterocycles. The number of aliphatic hydroxyl groups is 1. The third kappa shape index (κ3) is 3.83. The Kier molecular flexibility index (Phi) is 6.94. The van der Waals surface area contributed by atoms with Gasteiger partial charge in [0.2, 0.25) is 5.91 Å². The van der Waals surface area contributed by atoms with Crippen LogP contribution in [0.15, 0.2) is 48.6 Å². The van der Waals surface area contributed by atoms with Gasteiger partial charge in [0.15, 0.2) is 0 Å². The molecule has 8 nitrogen and oxygen atoms in total. The molecular formula is C28H33ClN2O6. The van der Waals surface area contributed by atoms with Crippen molar-refractivity contribution in [2.45, 2.75) is 62.8 Å². The van der Waals surface area contributed by atoms with E-state index in [9.17, 15) is 19.5 Å². The number of hydrogen-bond acceptors (Lipinski definition) is 6. The van der Waals surface area contributed by atoms with Crippen LogP contribution in [0.4, 0.5) is 5.69 Å². The van der Waals surface area contributed by atoms with E-state index in [2.05, 4.69) is 0 Å². The lowest BCUT2D eigenvalue weighted by molar-refractivity contribution is -0.161. The molecule has 1 spiro atoms. The van der Waals surface area contributed by atoms with Crippen molar-refractivity contribution >= 4 is 35.1 Å². The van der Waals surface area contributed by atoms with Gasteiger partial charge in [0.25, 0.3) is 5.91 Å². The van der Waals surface area contributed by atoms with Crippen LogP contribution in [0.2, 0.25) is 5.02 Å². The fourth-order valence-electron chi connectivity index (χ4n) is 6.51. The maximum Gasteiger partial charge on any atom is 0.313 e. The third-order valence-electron chi connectivity index (χ3n) is 8.29. The standard InChI is InChI=1S/C28H33ClN2O6/c1-3-18(17-32)31-23-25(34)30(20-12-7-6-11-19(20)29)15-10-14-28(23)21(24(31)33)22-26(35)36-16-9-5-8-13-27(22,4-2)37-28/h6-8,10-14,18,21-23,32H,3-5,9,15-17H2,1-2H3/b13-8-/t18-,21-,22-,23?,27+,28-/m0/s1. The topological polar surface area (TPSA) is 96.4 Å². The number of aliphatic hydroxyl groups excluding tert-OH is 1. The van der Waals surface area contributed by atoms with Crippen molar-refractivity contribution in [2.24, 2.45) is 11.8 Å². The highest BCUT2D eigenvalue weighted by Gasteiger charge is 2.75. The summed E-state index contributed by atoms with van der Waals surface area (Å²) in [6.07, 6.45) is 9.72. The number of hydrogen-bond donors (Lipinski definition) is 1. The second-order valence-electron chi connectivity index (χ2n) is 10.1. The molecule has 4 aliphatic heterocycles. The van der Waals surface area contributed by atoms with Gasteiger partial charge in [-0.15, -0.1) is 0 Å². The normalized spacial score (nSPS) is 35.0. The fraction of sp³-hybridized carbons (Fsp3) is 0.536. The zero-order valence-electron chi connectivity index (χ0n) is 21.1. The van der Waals surface area contributed by atoms with E-state index in [-0.39, 0.29) is 31.6 Å². The summed E-state index contributed by atoms with van der Waals surface area (Å²) < 4.78 is 12.5. The first-order valence-electron chi connectivity index (χ1n) is 13.1. The SMILES string of the molecule is CC[C@@H](CO)N1C(=O)[C@@H]2[C@H]3C(=O)OCCC/C=C\[C@@]3(CC)O[C@@]23C=CCN(c2ccccc2Cl)C(=O)C13. The number of rotatable bonds is 5. The van der Waals surface area contributed by atoms with E-state index in [0.29, 0.717) is 36.4 Å². The summed E-state index contributed by atoms with van der Waals surface area (Å²) in [5, 5.41) is 10.6. The minimum Gasteiger partial charge on any atom is -0.465 e. The average Bonchev–Trinajstić information content (AvgIpc) is 3.27. The summed E-state index contributed by atoms with van der Waals surface area (Å²) in [6, 6.07) is 5.35. The molecule has 4 aliphatic rings. The zero-order chi connectivity index (χ0) is 26.4. The Hall–Kier alpha value is -2.68. The lowest BCUT2D eigenvalue weighted by Crippen LogP contribution is -2.59. The van der Waals surface area contributed by atoms with Crippen molar-refractivity contribution in [1.82, 2.24) is 4.90 Å². The molecular weight excluding hydrogens is 496 g/mol. The fourth-order valence-corrected chi connectivity index (χ4v) is 6.75. The van der Waals surface area contributed by atoms with Crippen LogP contribution in [-0.2, 0) is 23.9 Å². The number of allylic oxidation sites excluding steroid dienone is 1. The second-order valence-corrected chi connectivity index (χ2v) is 10.5. The Labute approximate surface area is 221 Å². The van der Waals surface area contributed by atoms with Gasteiger partial charge in [0.05, 0.1) is 35.9 Å². The molecule has 2 saturated heterocycles. The second kappa shape index (κ2) is 9.89. The molecule has 1 unspecified atom stereocenters. The molecule has 37 heavy (non-hydrogen) atoms. The Balaban J connectivity index is 1.71. The van der Waals surface area contributed by atoms with E-state index in [1.54, 1.807) is 35.2 Å². The van der Waals surface area contributed by atoms with Crippen LogP contribution in [0.3, 0.4) is 0 Å². The number of anilines is 1. The minimum absolute atomic E-state index is 0.221. The van der Waals surface area contributed by atoms with Crippen LogP contribution in [-0.4, -0.2) is 70.8 Å². The smallest absolute Gasteiger partial charge is 0.313 e. The van der Waals surface area contributed by atoms with Gasteiger partial charge < -0.3 is 24.4 Å². The van der Waals surface area contributed by atoms with Gasteiger partial charge in [-0.25, -0.2) is 0 Å². The number of fused-ring (bicyclic) bond motifs is 2. The Morgan fingerprint density at radius 2 is 1.89 bits per heavy atom. The first kappa shape index (κ1) is 25.9. The molecule has 0 saturated carbocycles. The predicted molar refractivity (Wildman–Crippen MR) is 138 cm³/mol. The highest BCUT2D eigenvalue weighted by molar-refractivity contribution is 6.34. The Morgan fingerprint density at radius 1 is 1.11 bits per heavy atom. The van der Waals surface area contributed by atoms with Crippen LogP contribution in [0, 0.1) is 11.8 Å². The van der Waals surface area contributed by atoms with Gasteiger partial charge >= 0.3 is 5.97 Å². The van der Waals surface area contributed by atoms with Crippen LogP contribution in [0.1, 0.15) is 39.5 Å². The lowest BCUT2D eigenvalue weighted by Gasteiger charge is -2.40. The maximum absolute atomic E-state index is 14.4. The minimum atomic E-state index is -1.41. The maximum atomic E-state index is 14.4. The number of carbonyl (C=O) groups is 3. The number of halogens is 1. The molecule has 0 aromatic heterocycles. The van der Waals surface area contributed by atoms with E-state index in [1.807, 2.05) is 32.1 Å². The highest BCUT2D eigenvalue weighted by atomic mass is 35.5. The molecule has 5 rings (SSSR count). The first-order chi connectivity index (χ1) is 17.8. The van der Waals surface area contributed by atoms with Crippen molar-refractivity contribution in [1.29, 1.82) is 0 Å². The molecule has 0 bridgehead atoms. The summed E-state index contributed by atoms with van der Waals surface area (Å²) in [7, 11) is 0. The molecule has 2 amide bonds. The largest absolute Gasteiger partial charge is 0.465 e. The summed E-state index contributed by atoms with van der Waals surface area (Å²) in [4.78, 5) is 45.3. The molecule has 9 heteroatoms. The molecule has 0 aliphatic carbocycles. The van der Waals surface area contributed by atoms with E-state index in [0.717, 1.165) is 0 Å². The van der Waals surface area contributed by atoms with Crippen molar-refractivity contribution < 1.29 is 29.0 Å². The summed E-state index contributed by atoms with van der Waals surface area (Å²) in [5.74, 6) is -3.13.